The average Bonchev–Trinajstić information content (AvgIpc) is 2.31. The Balaban J connectivity index is 2.39. The molecule has 1 fully saturated rings. The molecule has 1 aromatic rings. The third-order valence-corrected chi connectivity index (χ3v) is 5.70. The summed E-state index contributed by atoms with van der Waals surface area (Å²) in [6.07, 6.45) is 1.97. The molecule has 2 rings (SSSR count). The van der Waals surface area contributed by atoms with E-state index in [1.54, 1.807) is 6.07 Å². The molecule has 1 aliphatic rings. The van der Waals surface area contributed by atoms with Gasteiger partial charge in [-0.1, -0.05) is 24.1 Å². The Bertz CT molecular complexity index is 573. The first kappa shape index (κ1) is 13.3. The number of ketones is 1. The third kappa shape index (κ3) is 2.48. The largest absolute Gasteiger partial charge is 0.293 e. The average molecular weight is 266 g/mol. The Morgan fingerprint density at radius 1 is 1.22 bits per heavy atom. The lowest BCUT2D eigenvalue weighted by molar-refractivity contribution is 0.0981. The van der Waals surface area contributed by atoms with Crippen molar-refractivity contribution in [2.24, 2.45) is 0 Å². The number of sulfone groups is 1. The summed E-state index contributed by atoms with van der Waals surface area (Å²) in [5.41, 5.74) is 2.40. The second kappa shape index (κ2) is 4.84. The Kier molecular flexibility index (Phi) is 3.57. The summed E-state index contributed by atoms with van der Waals surface area (Å²) in [4.78, 5) is 12.4. The molecule has 98 valence electrons. The SMILES string of the molecule is Cc1ccc(C)c(C(=O)C2CCCCS2(=O)=O)c1. The summed E-state index contributed by atoms with van der Waals surface area (Å²) < 4.78 is 23.9. The standard InChI is InChI=1S/C14H18O3S/c1-10-6-7-11(2)12(9-10)14(15)13-5-3-4-8-18(13,16)17/h6-7,9,13H,3-5,8H2,1-2H3. The van der Waals surface area contributed by atoms with Gasteiger partial charge in [0.05, 0.1) is 5.75 Å². The first-order valence-corrected chi connectivity index (χ1v) is 7.96. The van der Waals surface area contributed by atoms with Crippen LogP contribution in [0.1, 0.15) is 40.7 Å². The van der Waals surface area contributed by atoms with E-state index in [2.05, 4.69) is 0 Å². The van der Waals surface area contributed by atoms with E-state index in [1.165, 1.54) is 0 Å². The smallest absolute Gasteiger partial charge is 0.181 e. The van der Waals surface area contributed by atoms with Gasteiger partial charge in [-0.05, 0) is 38.3 Å². The molecule has 1 atom stereocenters. The molecule has 0 bridgehead atoms. The van der Waals surface area contributed by atoms with Gasteiger partial charge in [-0.3, -0.25) is 4.79 Å². The van der Waals surface area contributed by atoms with Crippen molar-refractivity contribution in [2.75, 3.05) is 5.75 Å². The topological polar surface area (TPSA) is 51.2 Å². The van der Waals surface area contributed by atoms with E-state index in [0.29, 0.717) is 18.4 Å². The van der Waals surface area contributed by atoms with Crippen LogP contribution in [0.2, 0.25) is 0 Å². The highest BCUT2D eigenvalue weighted by Gasteiger charge is 2.35. The van der Waals surface area contributed by atoms with Gasteiger partial charge >= 0.3 is 0 Å². The fourth-order valence-electron chi connectivity index (χ4n) is 2.42. The van der Waals surface area contributed by atoms with E-state index in [9.17, 15) is 13.2 Å². The maximum absolute atomic E-state index is 12.4. The number of benzene rings is 1. The monoisotopic (exact) mass is 266 g/mol. The summed E-state index contributed by atoms with van der Waals surface area (Å²) in [5.74, 6) is -0.0789. The van der Waals surface area contributed by atoms with Crippen molar-refractivity contribution >= 4 is 15.6 Å². The molecule has 18 heavy (non-hydrogen) atoms. The summed E-state index contributed by atoms with van der Waals surface area (Å²) in [6.45, 7) is 3.76. The van der Waals surface area contributed by atoms with Crippen molar-refractivity contribution in [3.63, 3.8) is 0 Å². The highest BCUT2D eigenvalue weighted by Crippen LogP contribution is 2.24. The maximum Gasteiger partial charge on any atom is 0.181 e. The van der Waals surface area contributed by atoms with Gasteiger partial charge in [0, 0.05) is 5.56 Å². The summed E-state index contributed by atoms with van der Waals surface area (Å²) in [7, 11) is -3.25. The minimum Gasteiger partial charge on any atom is -0.293 e. The molecular weight excluding hydrogens is 248 g/mol. The normalized spacial score (nSPS) is 22.7. The molecule has 0 aromatic heterocycles. The summed E-state index contributed by atoms with van der Waals surface area (Å²) in [5, 5.41) is -0.827. The van der Waals surface area contributed by atoms with Crippen molar-refractivity contribution in [1.82, 2.24) is 0 Å². The van der Waals surface area contributed by atoms with Gasteiger partial charge in [0.15, 0.2) is 15.6 Å². The lowest BCUT2D eigenvalue weighted by Crippen LogP contribution is -2.35. The van der Waals surface area contributed by atoms with Gasteiger partial charge in [-0.25, -0.2) is 8.42 Å². The van der Waals surface area contributed by atoms with Crippen LogP contribution in [-0.2, 0) is 9.84 Å². The Hall–Kier alpha value is -1.16. The molecule has 4 heteroatoms. The second-order valence-corrected chi connectivity index (χ2v) is 7.34. The minimum absolute atomic E-state index is 0.147. The predicted octanol–water partition coefficient (Wildman–Crippen LogP) is 2.45. The van der Waals surface area contributed by atoms with Crippen LogP contribution in [0.3, 0.4) is 0 Å². The van der Waals surface area contributed by atoms with E-state index in [-0.39, 0.29) is 11.5 Å². The molecule has 1 aliphatic heterocycles. The van der Waals surface area contributed by atoms with Crippen LogP contribution in [-0.4, -0.2) is 25.2 Å². The van der Waals surface area contributed by atoms with Crippen molar-refractivity contribution in [3.05, 3.63) is 34.9 Å². The fraction of sp³-hybridized carbons (Fsp3) is 0.500. The molecule has 1 saturated heterocycles. The van der Waals surface area contributed by atoms with Gasteiger partial charge in [0.1, 0.15) is 5.25 Å². The van der Waals surface area contributed by atoms with Crippen LogP contribution in [0.25, 0.3) is 0 Å². The van der Waals surface area contributed by atoms with Crippen LogP contribution in [0.4, 0.5) is 0 Å². The van der Waals surface area contributed by atoms with Crippen molar-refractivity contribution < 1.29 is 13.2 Å². The van der Waals surface area contributed by atoms with E-state index in [1.807, 2.05) is 26.0 Å². The molecule has 3 nitrogen and oxygen atoms in total. The van der Waals surface area contributed by atoms with Gasteiger partial charge in [0.25, 0.3) is 0 Å². The molecule has 0 radical (unpaired) electrons. The zero-order chi connectivity index (χ0) is 13.3. The van der Waals surface area contributed by atoms with E-state index in [4.69, 9.17) is 0 Å². The van der Waals surface area contributed by atoms with Crippen LogP contribution in [0.5, 0.6) is 0 Å². The van der Waals surface area contributed by atoms with E-state index in [0.717, 1.165) is 17.5 Å². The van der Waals surface area contributed by atoms with Crippen LogP contribution in [0.15, 0.2) is 18.2 Å². The number of carbonyl (C=O) groups is 1. The van der Waals surface area contributed by atoms with Gasteiger partial charge in [-0.2, -0.15) is 0 Å². The number of carbonyl (C=O) groups excluding carboxylic acids is 1. The van der Waals surface area contributed by atoms with Crippen molar-refractivity contribution in [2.45, 2.75) is 38.4 Å². The molecule has 0 saturated carbocycles. The Labute approximate surface area is 108 Å². The van der Waals surface area contributed by atoms with Crippen LogP contribution < -0.4 is 0 Å². The Morgan fingerprint density at radius 3 is 2.61 bits per heavy atom. The molecule has 0 amide bonds. The van der Waals surface area contributed by atoms with Crippen LogP contribution in [0, 0.1) is 13.8 Å². The molecular formula is C14H18O3S. The zero-order valence-corrected chi connectivity index (χ0v) is 11.6. The lowest BCUT2D eigenvalue weighted by Gasteiger charge is -2.21. The van der Waals surface area contributed by atoms with Crippen molar-refractivity contribution in [1.29, 1.82) is 0 Å². The first-order valence-electron chi connectivity index (χ1n) is 6.25. The van der Waals surface area contributed by atoms with E-state index >= 15 is 0 Å². The molecule has 0 aliphatic carbocycles. The van der Waals surface area contributed by atoms with E-state index < -0.39 is 15.1 Å². The van der Waals surface area contributed by atoms with Gasteiger partial charge < -0.3 is 0 Å². The number of Topliss-reactive ketones (excluding diaryl/α,β-unsaturated/α-hetero) is 1. The van der Waals surface area contributed by atoms with Crippen molar-refractivity contribution in [3.8, 4) is 0 Å². The number of rotatable bonds is 2. The maximum atomic E-state index is 12.4. The highest BCUT2D eigenvalue weighted by molar-refractivity contribution is 7.92. The molecule has 0 N–H and O–H groups in total. The minimum atomic E-state index is -3.25. The zero-order valence-electron chi connectivity index (χ0n) is 10.8. The quantitative estimate of drug-likeness (QED) is 0.773. The highest BCUT2D eigenvalue weighted by atomic mass is 32.2. The second-order valence-electron chi connectivity index (χ2n) is 5.03. The predicted molar refractivity (Wildman–Crippen MR) is 71.7 cm³/mol. The number of hydrogen-bond donors (Lipinski definition) is 0. The summed E-state index contributed by atoms with van der Waals surface area (Å²) in [6, 6.07) is 5.60. The van der Waals surface area contributed by atoms with Gasteiger partial charge in [-0.15, -0.1) is 0 Å². The van der Waals surface area contributed by atoms with Gasteiger partial charge in [0.2, 0.25) is 0 Å². The Morgan fingerprint density at radius 2 is 1.94 bits per heavy atom. The molecule has 0 spiro atoms. The third-order valence-electron chi connectivity index (χ3n) is 3.53. The summed E-state index contributed by atoms with van der Waals surface area (Å²) >= 11 is 0. The molecule has 1 aromatic carbocycles. The molecule has 1 heterocycles. The number of aryl methyl sites for hydroxylation is 2. The fourth-order valence-corrected chi connectivity index (χ4v) is 4.29. The molecule has 1 unspecified atom stereocenters. The lowest BCUT2D eigenvalue weighted by atomic mass is 9.98. The number of hydrogen-bond acceptors (Lipinski definition) is 3. The van der Waals surface area contributed by atoms with Crippen LogP contribution >= 0.6 is 0 Å². The first-order chi connectivity index (χ1) is 8.42.